The maximum Gasteiger partial charge on any atom is -0.0292 e. The molecule has 2 rings (SSSR count). The lowest BCUT2D eigenvalue weighted by Gasteiger charge is -2.48. The minimum atomic E-state index is 0.829. The van der Waals surface area contributed by atoms with Gasteiger partial charge in [-0.3, -0.25) is 0 Å². The second-order valence-corrected chi connectivity index (χ2v) is 6.81. The number of hydrogen-bond acceptors (Lipinski definition) is 0. The van der Waals surface area contributed by atoms with Gasteiger partial charge in [-0.25, -0.2) is 0 Å². The van der Waals surface area contributed by atoms with Crippen LogP contribution in [0.15, 0.2) is 0 Å². The molecule has 0 aromatic rings. The lowest BCUT2D eigenvalue weighted by atomic mass is 9.57. The molecule has 0 aromatic carbocycles. The molecule has 16 heavy (non-hydrogen) atoms. The third-order valence-electron chi connectivity index (χ3n) is 5.17. The number of unbranched alkanes of at least 4 members (excludes halogenated alkanes) is 1. The molecule has 0 heteroatoms. The fourth-order valence-electron chi connectivity index (χ4n) is 4.41. The Morgan fingerprint density at radius 3 is 2.19 bits per heavy atom. The first kappa shape index (κ1) is 12.5. The van der Waals surface area contributed by atoms with Gasteiger partial charge < -0.3 is 0 Å². The molecule has 0 amide bonds. The second-order valence-electron chi connectivity index (χ2n) is 6.81. The summed E-state index contributed by atoms with van der Waals surface area (Å²) in [6.07, 6.45) is 16.7. The van der Waals surface area contributed by atoms with Crippen LogP contribution in [0.2, 0.25) is 0 Å². The third-order valence-corrected chi connectivity index (χ3v) is 5.17. The molecule has 0 atom stereocenters. The highest BCUT2D eigenvalue weighted by molar-refractivity contribution is 4.92. The van der Waals surface area contributed by atoms with Crippen molar-refractivity contribution in [1.29, 1.82) is 0 Å². The highest BCUT2D eigenvalue weighted by Crippen LogP contribution is 2.53. The van der Waals surface area contributed by atoms with Gasteiger partial charge >= 0.3 is 0 Å². The summed E-state index contributed by atoms with van der Waals surface area (Å²) in [6, 6.07) is 0. The Bertz CT molecular complexity index is 188. The van der Waals surface area contributed by atoms with Gasteiger partial charge in [0.1, 0.15) is 0 Å². The van der Waals surface area contributed by atoms with E-state index in [0.717, 1.165) is 17.3 Å². The van der Waals surface area contributed by atoms with Crippen LogP contribution in [0.4, 0.5) is 0 Å². The molecule has 2 aliphatic rings. The van der Waals surface area contributed by atoms with Crippen molar-refractivity contribution in [2.45, 2.75) is 84.5 Å². The highest BCUT2D eigenvalue weighted by Gasteiger charge is 2.41. The summed E-state index contributed by atoms with van der Waals surface area (Å²) in [5, 5.41) is 0. The molecule has 0 bridgehead atoms. The minimum Gasteiger partial charge on any atom is -0.0654 e. The molecular weight excluding hydrogens is 192 g/mol. The van der Waals surface area contributed by atoms with E-state index in [2.05, 4.69) is 13.8 Å². The van der Waals surface area contributed by atoms with Gasteiger partial charge in [-0.2, -0.15) is 0 Å². The predicted octanol–water partition coefficient (Wildman–Crippen LogP) is 5.56. The van der Waals surface area contributed by atoms with Gasteiger partial charge in [0.15, 0.2) is 0 Å². The summed E-state index contributed by atoms with van der Waals surface area (Å²) in [4.78, 5) is 0. The summed E-state index contributed by atoms with van der Waals surface area (Å²) in [5.41, 5.74) is 0.829. The highest BCUT2D eigenvalue weighted by atomic mass is 14.5. The van der Waals surface area contributed by atoms with Crippen molar-refractivity contribution in [3.63, 3.8) is 0 Å². The SMILES string of the molecule is CCCCC1CCCC2(CCC1)CC(C)C2. The Hall–Kier alpha value is 0. The average molecular weight is 222 g/mol. The van der Waals surface area contributed by atoms with Crippen LogP contribution in [0.1, 0.15) is 84.5 Å². The van der Waals surface area contributed by atoms with E-state index in [1.54, 1.807) is 25.7 Å². The van der Waals surface area contributed by atoms with E-state index in [4.69, 9.17) is 0 Å². The Morgan fingerprint density at radius 2 is 1.69 bits per heavy atom. The maximum atomic E-state index is 2.44. The summed E-state index contributed by atoms with van der Waals surface area (Å²) in [7, 11) is 0. The topological polar surface area (TPSA) is 0 Å². The van der Waals surface area contributed by atoms with E-state index in [9.17, 15) is 0 Å². The zero-order chi connectivity index (χ0) is 11.4. The molecule has 2 aliphatic carbocycles. The Balaban J connectivity index is 1.73. The van der Waals surface area contributed by atoms with E-state index >= 15 is 0 Å². The predicted molar refractivity (Wildman–Crippen MR) is 71.5 cm³/mol. The molecule has 0 aliphatic heterocycles. The van der Waals surface area contributed by atoms with Crippen LogP contribution in [0.3, 0.4) is 0 Å². The van der Waals surface area contributed by atoms with Gasteiger partial charge in [-0.05, 0) is 42.9 Å². The number of rotatable bonds is 3. The fourth-order valence-corrected chi connectivity index (χ4v) is 4.41. The normalized spacial score (nSPS) is 40.1. The van der Waals surface area contributed by atoms with Crippen molar-refractivity contribution in [3.8, 4) is 0 Å². The molecule has 1 spiro atoms. The van der Waals surface area contributed by atoms with Gasteiger partial charge in [-0.15, -0.1) is 0 Å². The maximum absolute atomic E-state index is 2.44. The van der Waals surface area contributed by atoms with Crippen LogP contribution in [-0.2, 0) is 0 Å². The van der Waals surface area contributed by atoms with E-state index in [0.29, 0.717) is 0 Å². The summed E-state index contributed by atoms with van der Waals surface area (Å²) in [5.74, 6) is 2.12. The molecule has 0 radical (unpaired) electrons. The van der Waals surface area contributed by atoms with Crippen LogP contribution in [0, 0.1) is 17.3 Å². The molecule has 0 nitrogen and oxygen atoms in total. The molecule has 94 valence electrons. The van der Waals surface area contributed by atoms with Crippen molar-refractivity contribution in [1.82, 2.24) is 0 Å². The lowest BCUT2D eigenvalue weighted by Crippen LogP contribution is -2.36. The standard InChI is InChI=1S/C16H30/c1-3-4-7-15-8-5-10-16(11-6-9-15)12-14(2)13-16/h14-15H,3-13H2,1-2H3. The summed E-state index contributed by atoms with van der Waals surface area (Å²) < 4.78 is 0. The van der Waals surface area contributed by atoms with E-state index < -0.39 is 0 Å². The van der Waals surface area contributed by atoms with Gasteiger partial charge in [0, 0.05) is 0 Å². The van der Waals surface area contributed by atoms with Crippen molar-refractivity contribution in [2.75, 3.05) is 0 Å². The first-order valence-electron chi connectivity index (χ1n) is 7.74. The number of hydrogen-bond donors (Lipinski definition) is 0. The molecule has 2 saturated carbocycles. The van der Waals surface area contributed by atoms with Gasteiger partial charge in [0.2, 0.25) is 0 Å². The molecule has 0 unspecified atom stereocenters. The van der Waals surface area contributed by atoms with Gasteiger partial charge in [0.05, 0.1) is 0 Å². The van der Waals surface area contributed by atoms with Crippen molar-refractivity contribution in [2.24, 2.45) is 17.3 Å². The van der Waals surface area contributed by atoms with Crippen LogP contribution in [0.5, 0.6) is 0 Å². The summed E-state index contributed by atoms with van der Waals surface area (Å²) in [6.45, 7) is 4.77. The molecule has 0 aromatic heterocycles. The van der Waals surface area contributed by atoms with Crippen LogP contribution in [0.25, 0.3) is 0 Å². The lowest BCUT2D eigenvalue weighted by molar-refractivity contribution is 0.0304. The van der Waals surface area contributed by atoms with Crippen molar-refractivity contribution < 1.29 is 0 Å². The van der Waals surface area contributed by atoms with Crippen LogP contribution >= 0.6 is 0 Å². The summed E-state index contributed by atoms with van der Waals surface area (Å²) >= 11 is 0. The first-order chi connectivity index (χ1) is 7.74. The van der Waals surface area contributed by atoms with Crippen LogP contribution in [-0.4, -0.2) is 0 Å². The largest absolute Gasteiger partial charge is 0.0654 e. The third kappa shape index (κ3) is 3.02. The minimum absolute atomic E-state index is 0.829. The second kappa shape index (κ2) is 5.56. The smallest absolute Gasteiger partial charge is 0.0292 e. The van der Waals surface area contributed by atoms with Gasteiger partial charge in [0.25, 0.3) is 0 Å². The van der Waals surface area contributed by atoms with E-state index in [1.807, 2.05) is 0 Å². The van der Waals surface area contributed by atoms with E-state index in [-0.39, 0.29) is 0 Å². The average Bonchev–Trinajstić information content (AvgIpc) is 2.18. The monoisotopic (exact) mass is 222 g/mol. The van der Waals surface area contributed by atoms with Crippen molar-refractivity contribution in [3.05, 3.63) is 0 Å². The zero-order valence-electron chi connectivity index (χ0n) is 11.4. The molecule has 0 N–H and O–H groups in total. The Kier molecular flexibility index (Phi) is 4.33. The molecule has 0 saturated heterocycles. The quantitative estimate of drug-likeness (QED) is 0.586. The Labute approximate surface area is 102 Å². The fraction of sp³-hybridized carbons (Fsp3) is 1.00. The van der Waals surface area contributed by atoms with Crippen molar-refractivity contribution >= 4 is 0 Å². The first-order valence-corrected chi connectivity index (χ1v) is 7.74. The van der Waals surface area contributed by atoms with Gasteiger partial charge in [-0.1, -0.05) is 58.8 Å². The van der Waals surface area contributed by atoms with E-state index in [1.165, 1.54) is 44.9 Å². The van der Waals surface area contributed by atoms with Crippen LogP contribution < -0.4 is 0 Å². The molecule has 0 heterocycles. The molecular formula is C16H30. The molecule has 2 fully saturated rings. The zero-order valence-corrected chi connectivity index (χ0v) is 11.4. The Morgan fingerprint density at radius 1 is 1.06 bits per heavy atom.